The largest absolute Gasteiger partial charge is 0.378 e. The normalized spacial score (nSPS) is 33.8. The molecule has 2 saturated heterocycles. The van der Waals surface area contributed by atoms with E-state index in [1.54, 1.807) is 18.4 Å². The number of hydrogen-bond acceptors (Lipinski definition) is 4. The number of rotatable bonds is 3. The Balaban J connectivity index is 1.75. The van der Waals surface area contributed by atoms with E-state index in [4.69, 9.17) is 9.47 Å². The summed E-state index contributed by atoms with van der Waals surface area (Å²) in [4.78, 5) is 4.61. The summed E-state index contributed by atoms with van der Waals surface area (Å²) in [5.74, 6) is 0.555. The van der Waals surface area contributed by atoms with Crippen molar-refractivity contribution >= 4 is 11.3 Å². The molecule has 82 valence electrons. The fourth-order valence-electron chi connectivity index (χ4n) is 2.60. The predicted molar refractivity (Wildman–Crippen MR) is 58.1 cm³/mol. The van der Waals surface area contributed by atoms with Crippen molar-refractivity contribution in [2.24, 2.45) is 0 Å². The first-order chi connectivity index (χ1) is 7.36. The zero-order valence-electron chi connectivity index (χ0n) is 8.81. The minimum Gasteiger partial charge on any atom is -0.378 e. The number of ether oxygens (including phenoxy) is 2. The Kier molecular flexibility index (Phi) is 2.50. The molecule has 3 rings (SSSR count). The smallest absolute Gasteiger partial charge is 0.0987 e. The maximum Gasteiger partial charge on any atom is 0.0987 e. The molecule has 0 spiro atoms. The van der Waals surface area contributed by atoms with E-state index in [0.29, 0.717) is 24.7 Å². The first kappa shape index (κ1) is 9.75. The molecule has 0 aliphatic carbocycles. The van der Waals surface area contributed by atoms with Crippen LogP contribution in [0.3, 0.4) is 0 Å². The highest BCUT2D eigenvalue weighted by atomic mass is 32.1. The molecule has 15 heavy (non-hydrogen) atoms. The van der Waals surface area contributed by atoms with Crippen LogP contribution in [0.4, 0.5) is 0 Å². The molecule has 0 saturated carbocycles. The lowest BCUT2D eigenvalue weighted by Crippen LogP contribution is -2.14. The van der Waals surface area contributed by atoms with Crippen LogP contribution in [0.1, 0.15) is 35.9 Å². The maximum atomic E-state index is 5.84. The Bertz CT molecular complexity index is 352. The van der Waals surface area contributed by atoms with Gasteiger partial charge in [-0.1, -0.05) is 0 Å². The molecule has 0 amide bonds. The van der Waals surface area contributed by atoms with Gasteiger partial charge in [-0.2, -0.15) is 0 Å². The van der Waals surface area contributed by atoms with E-state index < -0.39 is 0 Å². The van der Waals surface area contributed by atoms with Crippen molar-refractivity contribution in [2.75, 3.05) is 7.11 Å². The van der Waals surface area contributed by atoms with Crippen LogP contribution in [0.25, 0.3) is 0 Å². The summed E-state index contributed by atoms with van der Waals surface area (Å²) in [6.45, 7) is 0.623. The van der Waals surface area contributed by atoms with Gasteiger partial charge in [0.25, 0.3) is 0 Å². The number of methoxy groups -OCH3 is 1. The lowest BCUT2D eigenvalue weighted by molar-refractivity contribution is 0.100. The minimum absolute atomic E-state index is 0.441. The van der Waals surface area contributed by atoms with Gasteiger partial charge in [0.1, 0.15) is 0 Å². The van der Waals surface area contributed by atoms with Gasteiger partial charge in [0.15, 0.2) is 0 Å². The van der Waals surface area contributed by atoms with Gasteiger partial charge in [-0.05, 0) is 19.3 Å². The molecular formula is C11H15NO2S. The lowest BCUT2D eigenvalue weighted by atomic mass is 9.90. The Morgan fingerprint density at radius 2 is 2.53 bits per heavy atom. The molecule has 2 fully saturated rings. The monoisotopic (exact) mass is 225 g/mol. The first-order valence-corrected chi connectivity index (χ1v) is 6.33. The molecule has 3 atom stereocenters. The third-order valence-corrected chi connectivity index (χ3v) is 4.31. The van der Waals surface area contributed by atoms with Crippen LogP contribution in [0.5, 0.6) is 0 Å². The molecule has 2 aliphatic rings. The summed E-state index contributed by atoms with van der Waals surface area (Å²) >= 11 is 1.76. The quantitative estimate of drug-likeness (QED) is 0.791. The Morgan fingerprint density at radius 1 is 1.60 bits per heavy atom. The molecule has 3 nitrogen and oxygen atoms in total. The summed E-state index contributed by atoms with van der Waals surface area (Å²) in [7, 11) is 1.71. The van der Waals surface area contributed by atoms with E-state index in [9.17, 15) is 0 Å². The van der Waals surface area contributed by atoms with Gasteiger partial charge in [0.2, 0.25) is 0 Å². The molecule has 0 aromatic carbocycles. The van der Waals surface area contributed by atoms with Gasteiger partial charge in [-0.25, -0.2) is 4.98 Å². The number of fused-ring (bicyclic) bond motifs is 2. The third kappa shape index (κ3) is 1.71. The molecule has 0 radical (unpaired) electrons. The van der Waals surface area contributed by atoms with Crippen molar-refractivity contribution in [1.29, 1.82) is 0 Å². The average Bonchev–Trinajstić information content (AvgIpc) is 2.91. The molecule has 3 unspecified atom stereocenters. The van der Waals surface area contributed by atoms with Crippen molar-refractivity contribution in [3.05, 3.63) is 16.1 Å². The lowest BCUT2D eigenvalue weighted by Gasteiger charge is -2.15. The number of nitrogens with zero attached hydrogens (tertiary/aromatic N) is 1. The van der Waals surface area contributed by atoms with E-state index >= 15 is 0 Å². The van der Waals surface area contributed by atoms with Crippen molar-refractivity contribution < 1.29 is 9.47 Å². The van der Waals surface area contributed by atoms with Crippen LogP contribution < -0.4 is 0 Å². The second-order valence-corrected chi connectivity index (χ2v) is 5.22. The molecule has 4 heteroatoms. The summed E-state index contributed by atoms with van der Waals surface area (Å²) in [5, 5.41) is 3.35. The number of aromatic nitrogens is 1. The number of hydrogen-bond donors (Lipinski definition) is 0. The van der Waals surface area contributed by atoms with Gasteiger partial charge >= 0.3 is 0 Å². The fraction of sp³-hybridized carbons (Fsp3) is 0.727. The molecule has 1 aromatic rings. The molecular weight excluding hydrogens is 210 g/mol. The van der Waals surface area contributed by atoms with E-state index in [1.807, 2.05) is 0 Å². The highest BCUT2D eigenvalue weighted by Crippen LogP contribution is 2.45. The SMILES string of the molecule is COCc1csc(C2CC3CCC2O3)n1. The summed E-state index contributed by atoms with van der Waals surface area (Å²) < 4.78 is 10.9. The second-order valence-electron chi connectivity index (χ2n) is 4.33. The van der Waals surface area contributed by atoms with Crippen LogP contribution in [0.2, 0.25) is 0 Å². The van der Waals surface area contributed by atoms with E-state index in [2.05, 4.69) is 10.4 Å². The van der Waals surface area contributed by atoms with E-state index in [-0.39, 0.29) is 0 Å². The molecule has 2 aliphatic heterocycles. The zero-order chi connectivity index (χ0) is 10.3. The van der Waals surface area contributed by atoms with Gasteiger partial charge < -0.3 is 9.47 Å². The Morgan fingerprint density at radius 3 is 3.20 bits per heavy atom. The van der Waals surface area contributed by atoms with Crippen LogP contribution in [0, 0.1) is 0 Å². The topological polar surface area (TPSA) is 31.4 Å². The van der Waals surface area contributed by atoms with E-state index in [1.165, 1.54) is 24.3 Å². The highest BCUT2D eigenvalue weighted by molar-refractivity contribution is 7.09. The van der Waals surface area contributed by atoms with Crippen molar-refractivity contribution in [1.82, 2.24) is 4.98 Å². The van der Waals surface area contributed by atoms with Crippen LogP contribution in [0.15, 0.2) is 5.38 Å². The van der Waals surface area contributed by atoms with Gasteiger partial charge in [-0.3, -0.25) is 0 Å². The van der Waals surface area contributed by atoms with Gasteiger partial charge in [0, 0.05) is 18.4 Å². The average molecular weight is 225 g/mol. The predicted octanol–water partition coefficient (Wildman–Crippen LogP) is 2.32. The van der Waals surface area contributed by atoms with Crippen molar-refractivity contribution in [3.63, 3.8) is 0 Å². The second kappa shape index (κ2) is 3.85. The first-order valence-electron chi connectivity index (χ1n) is 5.45. The molecule has 0 N–H and O–H groups in total. The van der Waals surface area contributed by atoms with Crippen molar-refractivity contribution in [3.8, 4) is 0 Å². The minimum atomic E-state index is 0.441. The third-order valence-electron chi connectivity index (χ3n) is 3.28. The van der Waals surface area contributed by atoms with Crippen molar-refractivity contribution in [2.45, 2.75) is 44.0 Å². The van der Waals surface area contributed by atoms with Crippen LogP contribution in [-0.4, -0.2) is 24.3 Å². The molecule has 1 aromatic heterocycles. The maximum absolute atomic E-state index is 5.84. The molecule has 3 heterocycles. The summed E-state index contributed by atoms with van der Waals surface area (Å²) in [5.41, 5.74) is 1.06. The van der Waals surface area contributed by atoms with Crippen LogP contribution >= 0.6 is 11.3 Å². The van der Waals surface area contributed by atoms with E-state index in [0.717, 1.165) is 5.69 Å². The summed E-state index contributed by atoms with van der Waals surface area (Å²) in [6, 6.07) is 0. The Labute approximate surface area is 93.4 Å². The number of thiazole rings is 1. The Hall–Kier alpha value is -0.450. The summed E-state index contributed by atoms with van der Waals surface area (Å²) in [6.07, 6.45) is 4.59. The fourth-order valence-corrected chi connectivity index (χ4v) is 3.58. The standard InChI is InChI=1S/C11H15NO2S/c1-13-5-7-6-15-11(12-7)9-4-8-2-3-10(9)14-8/h6,8-10H,2-5H2,1H3. The van der Waals surface area contributed by atoms with Gasteiger partial charge in [-0.15, -0.1) is 11.3 Å². The zero-order valence-corrected chi connectivity index (χ0v) is 9.63. The van der Waals surface area contributed by atoms with Gasteiger partial charge in [0.05, 0.1) is 29.5 Å². The molecule has 2 bridgehead atoms. The van der Waals surface area contributed by atoms with Crippen LogP contribution in [-0.2, 0) is 16.1 Å². The highest BCUT2D eigenvalue weighted by Gasteiger charge is 2.42.